The lowest BCUT2D eigenvalue weighted by Crippen LogP contribution is -2.42. The molecule has 0 atom stereocenters. The number of aryl methyl sites for hydroxylation is 1. The van der Waals surface area contributed by atoms with E-state index in [1.165, 1.54) is 12.1 Å². The predicted octanol–water partition coefficient (Wildman–Crippen LogP) is 4.87. The molecule has 0 spiro atoms. The zero-order chi connectivity index (χ0) is 31.5. The number of hydrogen-bond acceptors (Lipinski definition) is 6. The van der Waals surface area contributed by atoms with Crippen molar-refractivity contribution in [2.45, 2.75) is 59.1 Å². The van der Waals surface area contributed by atoms with Crippen LogP contribution in [0.4, 0.5) is 9.18 Å². The van der Waals surface area contributed by atoms with Crippen LogP contribution >= 0.6 is 0 Å². The first-order valence-electron chi connectivity index (χ1n) is 14.1. The number of ether oxygens (including phenoxy) is 1. The van der Waals surface area contributed by atoms with Crippen molar-refractivity contribution in [3.05, 3.63) is 78.1 Å². The Kier molecular flexibility index (Phi) is 16.5. The molecule has 1 heterocycles. The van der Waals surface area contributed by atoms with Crippen molar-refractivity contribution in [3.8, 4) is 5.75 Å². The second kappa shape index (κ2) is 19.2. The summed E-state index contributed by atoms with van der Waals surface area (Å²) in [5.74, 6) is -0.144. The van der Waals surface area contributed by atoms with Gasteiger partial charge in [0.1, 0.15) is 17.2 Å². The molecule has 0 aromatic heterocycles. The summed E-state index contributed by atoms with van der Waals surface area (Å²) >= 11 is 0. The standard InChI is InChI=1S/C18H29N3O3.C7H7FO.C7H11NO/c1-18(2,3)24-17(23)21(11-7-10-19)13-12-20(15-22)14-16-8-5-4-6-9-16;1-5-2-6(8)4-7(9)3-5;1-2-5-8-6-3-4-7(8)9/h4-6,8-9,15H,7,10-14,19H2,1-3H3;2-4,9H,1H3;2H,1,3-6H2. The molecule has 3 rings (SSSR count). The van der Waals surface area contributed by atoms with Gasteiger partial charge in [-0.1, -0.05) is 36.4 Å². The van der Waals surface area contributed by atoms with Crippen LogP contribution in [0.3, 0.4) is 0 Å². The van der Waals surface area contributed by atoms with E-state index < -0.39 is 11.4 Å². The molecular formula is C32H47FN4O5. The van der Waals surface area contributed by atoms with Crippen LogP contribution in [-0.4, -0.2) is 83.1 Å². The highest BCUT2D eigenvalue weighted by Crippen LogP contribution is 2.13. The van der Waals surface area contributed by atoms with E-state index in [1.807, 2.05) is 56.0 Å². The monoisotopic (exact) mass is 586 g/mol. The van der Waals surface area contributed by atoms with Gasteiger partial charge in [-0.2, -0.15) is 0 Å². The summed E-state index contributed by atoms with van der Waals surface area (Å²) < 4.78 is 17.7. The van der Waals surface area contributed by atoms with E-state index >= 15 is 0 Å². The molecule has 10 heteroatoms. The number of carbonyl (C=O) groups excluding carboxylic acids is 3. The van der Waals surface area contributed by atoms with Gasteiger partial charge in [0.05, 0.1) is 0 Å². The van der Waals surface area contributed by atoms with E-state index in [1.54, 1.807) is 22.8 Å². The zero-order valence-electron chi connectivity index (χ0n) is 25.4. The molecule has 3 amide bonds. The number of phenols is 1. The van der Waals surface area contributed by atoms with Gasteiger partial charge in [0.25, 0.3) is 0 Å². The number of carbonyl (C=O) groups is 3. The van der Waals surface area contributed by atoms with Crippen molar-refractivity contribution in [2.24, 2.45) is 5.73 Å². The van der Waals surface area contributed by atoms with Crippen LogP contribution in [-0.2, 0) is 20.9 Å². The first kappa shape index (κ1) is 36.1. The molecule has 0 aliphatic carbocycles. The van der Waals surface area contributed by atoms with Crippen LogP contribution in [0.25, 0.3) is 0 Å². The van der Waals surface area contributed by atoms with Crippen molar-refractivity contribution in [2.75, 3.05) is 39.3 Å². The Morgan fingerprint density at radius 3 is 2.36 bits per heavy atom. The highest BCUT2D eigenvalue weighted by Gasteiger charge is 2.22. The number of phenolic OH excluding ortho intramolecular Hbond substituents is 1. The van der Waals surface area contributed by atoms with Crippen LogP contribution in [0.2, 0.25) is 0 Å². The van der Waals surface area contributed by atoms with Gasteiger partial charge in [-0.15, -0.1) is 6.58 Å². The predicted molar refractivity (Wildman–Crippen MR) is 163 cm³/mol. The largest absolute Gasteiger partial charge is 0.508 e. The van der Waals surface area contributed by atoms with Crippen LogP contribution in [0, 0.1) is 12.7 Å². The Labute approximate surface area is 249 Å². The summed E-state index contributed by atoms with van der Waals surface area (Å²) in [4.78, 5) is 39.5. The molecule has 0 radical (unpaired) electrons. The number of amides is 3. The van der Waals surface area contributed by atoms with Crippen LogP contribution in [0.15, 0.2) is 61.2 Å². The fourth-order valence-electron chi connectivity index (χ4n) is 3.91. The molecule has 1 aliphatic heterocycles. The smallest absolute Gasteiger partial charge is 0.410 e. The van der Waals surface area contributed by atoms with Gasteiger partial charge in [0.2, 0.25) is 12.3 Å². The number of likely N-dealkylation sites (tertiary alicyclic amines) is 1. The van der Waals surface area contributed by atoms with E-state index in [4.69, 9.17) is 15.6 Å². The van der Waals surface area contributed by atoms with Gasteiger partial charge in [0, 0.05) is 51.8 Å². The first-order chi connectivity index (χ1) is 19.9. The molecule has 42 heavy (non-hydrogen) atoms. The Morgan fingerprint density at radius 2 is 1.86 bits per heavy atom. The number of benzene rings is 2. The van der Waals surface area contributed by atoms with Gasteiger partial charge in [-0.3, -0.25) is 9.59 Å². The normalized spacial score (nSPS) is 12.3. The average Bonchev–Trinajstić information content (AvgIpc) is 3.32. The third kappa shape index (κ3) is 15.8. The summed E-state index contributed by atoms with van der Waals surface area (Å²) in [5.41, 5.74) is 6.77. The van der Waals surface area contributed by atoms with Crippen molar-refractivity contribution >= 4 is 18.4 Å². The number of rotatable bonds is 11. The summed E-state index contributed by atoms with van der Waals surface area (Å²) in [5, 5.41) is 8.75. The Morgan fingerprint density at radius 1 is 1.17 bits per heavy atom. The molecule has 2 aromatic rings. The van der Waals surface area contributed by atoms with E-state index in [0.717, 1.165) is 49.5 Å². The molecule has 1 saturated heterocycles. The Balaban J connectivity index is 0.000000395. The van der Waals surface area contributed by atoms with Crippen LogP contribution in [0.5, 0.6) is 5.75 Å². The van der Waals surface area contributed by atoms with Crippen LogP contribution in [0.1, 0.15) is 51.2 Å². The molecule has 232 valence electrons. The van der Waals surface area contributed by atoms with E-state index in [9.17, 15) is 18.8 Å². The lowest BCUT2D eigenvalue weighted by molar-refractivity contribution is -0.127. The van der Waals surface area contributed by atoms with Gasteiger partial charge in [0.15, 0.2) is 0 Å². The highest BCUT2D eigenvalue weighted by atomic mass is 19.1. The number of hydrogen-bond donors (Lipinski definition) is 2. The molecule has 9 nitrogen and oxygen atoms in total. The maximum atomic E-state index is 12.3. The minimum atomic E-state index is -0.549. The van der Waals surface area contributed by atoms with Gasteiger partial charge >= 0.3 is 6.09 Å². The molecule has 0 saturated carbocycles. The van der Waals surface area contributed by atoms with Crippen molar-refractivity contribution in [3.63, 3.8) is 0 Å². The third-order valence-corrected chi connectivity index (χ3v) is 5.87. The van der Waals surface area contributed by atoms with E-state index in [2.05, 4.69) is 6.58 Å². The maximum Gasteiger partial charge on any atom is 0.410 e. The molecule has 1 fully saturated rings. The zero-order valence-corrected chi connectivity index (χ0v) is 25.4. The molecule has 3 N–H and O–H groups in total. The fraction of sp³-hybridized carbons (Fsp3) is 0.469. The van der Waals surface area contributed by atoms with Gasteiger partial charge < -0.3 is 30.3 Å². The molecule has 2 aromatic carbocycles. The van der Waals surface area contributed by atoms with Crippen molar-refractivity contribution in [1.29, 1.82) is 0 Å². The summed E-state index contributed by atoms with van der Waals surface area (Å²) in [6.07, 6.45) is 4.65. The van der Waals surface area contributed by atoms with Gasteiger partial charge in [-0.05, 0) is 70.3 Å². The highest BCUT2D eigenvalue weighted by molar-refractivity contribution is 5.78. The Hall–Kier alpha value is -3.92. The lowest BCUT2D eigenvalue weighted by atomic mass is 10.2. The third-order valence-electron chi connectivity index (χ3n) is 5.87. The average molecular weight is 587 g/mol. The topological polar surface area (TPSA) is 116 Å². The first-order valence-corrected chi connectivity index (χ1v) is 14.1. The minimum Gasteiger partial charge on any atom is -0.508 e. The minimum absolute atomic E-state index is 0.0208. The quantitative estimate of drug-likeness (QED) is 0.287. The van der Waals surface area contributed by atoms with E-state index in [-0.39, 0.29) is 17.7 Å². The van der Waals surface area contributed by atoms with Gasteiger partial charge in [-0.25, -0.2) is 9.18 Å². The molecule has 1 aliphatic rings. The summed E-state index contributed by atoms with van der Waals surface area (Å²) in [7, 11) is 0. The summed E-state index contributed by atoms with van der Waals surface area (Å²) in [6.45, 7) is 14.8. The molecule has 0 unspecified atom stereocenters. The number of nitrogens with two attached hydrogens (primary N) is 1. The van der Waals surface area contributed by atoms with Crippen molar-refractivity contribution in [1.82, 2.24) is 14.7 Å². The SMILES string of the molecule is C=CCN1CCCC1=O.CC(C)(C)OC(=O)N(CCCN)CCN(C=O)Cc1ccccc1.Cc1cc(O)cc(F)c1. The second-order valence-corrected chi connectivity index (χ2v) is 10.9. The number of nitrogens with zero attached hydrogens (tertiary/aromatic N) is 3. The number of aromatic hydroxyl groups is 1. The van der Waals surface area contributed by atoms with E-state index in [0.29, 0.717) is 39.1 Å². The fourth-order valence-corrected chi connectivity index (χ4v) is 3.91. The lowest BCUT2D eigenvalue weighted by Gasteiger charge is -2.29. The van der Waals surface area contributed by atoms with Crippen LogP contribution < -0.4 is 5.73 Å². The Bertz CT molecular complexity index is 1060. The molecular weight excluding hydrogens is 539 g/mol. The number of halogens is 1. The summed E-state index contributed by atoms with van der Waals surface area (Å²) in [6, 6.07) is 13.7. The maximum absolute atomic E-state index is 12.3. The molecule has 0 bridgehead atoms. The van der Waals surface area contributed by atoms with Crippen molar-refractivity contribution < 1.29 is 28.6 Å². The second-order valence-electron chi connectivity index (χ2n) is 10.9.